The van der Waals surface area contributed by atoms with Crippen LogP contribution < -0.4 is 9.47 Å². The molecule has 1 fully saturated rings. The number of hydrogen-bond donors (Lipinski definition) is 2. The summed E-state index contributed by atoms with van der Waals surface area (Å²) in [5.74, 6) is -2.15. The first-order valence-corrected chi connectivity index (χ1v) is 9.68. The second-order valence-corrected chi connectivity index (χ2v) is 6.97. The number of nitrogens with zero attached hydrogens (tertiary/aromatic N) is 2. The van der Waals surface area contributed by atoms with Crippen LogP contribution in [0.5, 0.6) is 11.5 Å². The lowest BCUT2D eigenvalue weighted by Crippen LogP contribution is -2.45. The predicted molar refractivity (Wildman–Crippen MR) is 112 cm³/mol. The highest BCUT2D eigenvalue weighted by molar-refractivity contribution is 6.27. The molecule has 0 aliphatic carbocycles. The van der Waals surface area contributed by atoms with Crippen LogP contribution in [0.15, 0.2) is 42.5 Å². The summed E-state index contributed by atoms with van der Waals surface area (Å²) in [7, 11) is 3.35. The smallest absolute Gasteiger partial charge is 0.414 e. The van der Waals surface area contributed by atoms with Gasteiger partial charge in [0.05, 0.1) is 14.2 Å². The van der Waals surface area contributed by atoms with Crippen molar-refractivity contribution in [2.75, 3.05) is 40.4 Å². The third-order valence-electron chi connectivity index (χ3n) is 4.86. The first kappa shape index (κ1) is 24.1. The van der Waals surface area contributed by atoms with Crippen molar-refractivity contribution in [3.8, 4) is 11.5 Å². The Kier molecular flexibility index (Phi) is 9.23. The van der Waals surface area contributed by atoms with Gasteiger partial charge < -0.3 is 19.7 Å². The van der Waals surface area contributed by atoms with Crippen molar-refractivity contribution in [3.63, 3.8) is 0 Å². The zero-order valence-electron chi connectivity index (χ0n) is 17.6. The van der Waals surface area contributed by atoms with E-state index in [0.29, 0.717) is 0 Å². The lowest BCUT2D eigenvalue weighted by atomic mass is 10.1. The fourth-order valence-electron chi connectivity index (χ4n) is 3.18. The Labute approximate surface area is 180 Å². The van der Waals surface area contributed by atoms with E-state index >= 15 is 0 Å². The number of methoxy groups -OCH3 is 2. The summed E-state index contributed by atoms with van der Waals surface area (Å²) in [5.41, 5.74) is 2.34. The van der Waals surface area contributed by atoms with E-state index in [1.165, 1.54) is 17.7 Å². The number of rotatable bonds is 6. The molecule has 0 aromatic heterocycles. The van der Waals surface area contributed by atoms with Gasteiger partial charge in [-0.15, -0.1) is 0 Å². The molecule has 2 aromatic carbocycles. The molecule has 9 heteroatoms. The number of carboxylic acids is 2. The minimum absolute atomic E-state index is 0.179. The molecule has 0 amide bonds. The number of halogens is 1. The topological polar surface area (TPSA) is 99.5 Å². The number of carbonyl (C=O) groups is 2. The van der Waals surface area contributed by atoms with Crippen molar-refractivity contribution < 1.29 is 33.7 Å². The third kappa shape index (κ3) is 7.88. The van der Waals surface area contributed by atoms with Gasteiger partial charge in [-0.2, -0.15) is 0 Å². The van der Waals surface area contributed by atoms with Crippen LogP contribution in [0.25, 0.3) is 0 Å². The van der Waals surface area contributed by atoms with E-state index in [1.807, 2.05) is 24.3 Å². The van der Waals surface area contributed by atoms with Crippen LogP contribution in [-0.2, 0) is 22.7 Å². The average Bonchev–Trinajstić information content (AvgIpc) is 2.77. The third-order valence-corrected chi connectivity index (χ3v) is 4.86. The quantitative estimate of drug-likeness (QED) is 0.669. The molecule has 1 saturated heterocycles. The average molecular weight is 434 g/mol. The van der Waals surface area contributed by atoms with E-state index in [0.717, 1.165) is 56.3 Å². The minimum Gasteiger partial charge on any atom is -0.497 e. The largest absolute Gasteiger partial charge is 0.497 e. The number of hydrogen-bond acceptors (Lipinski definition) is 6. The van der Waals surface area contributed by atoms with Crippen molar-refractivity contribution in [1.82, 2.24) is 9.80 Å². The maximum absolute atomic E-state index is 13.0. The SMILES string of the molecule is COc1ccc(CN2CCN(Cc3ccc(F)cc3)CC2)c(OC)c1.O=C(O)C(=O)O. The first-order valence-electron chi connectivity index (χ1n) is 9.68. The van der Waals surface area contributed by atoms with Gasteiger partial charge >= 0.3 is 11.9 Å². The van der Waals surface area contributed by atoms with Gasteiger partial charge in [0.1, 0.15) is 17.3 Å². The Bertz CT molecular complexity index is 855. The molecule has 2 N–H and O–H groups in total. The summed E-state index contributed by atoms with van der Waals surface area (Å²) in [6.07, 6.45) is 0. The number of carboxylic acid groups (broad SMARTS) is 2. The second-order valence-electron chi connectivity index (χ2n) is 6.97. The predicted octanol–water partition coefficient (Wildman–Crippen LogP) is 2.32. The van der Waals surface area contributed by atoms with Gasteiger partial charge in [0.2, 0.25) is 0 Å². The zero-order chi connectivity index (χ0) is 22.8. The van der Waals surface area contributed by atoms with Gasteiger partial charge in [-0.25, -0.2) is 14.0 Å². The molecule has 1 heterocycles. The Morgan fingerprint density at radius 1 is 0.871 bits per heavy atom. The molecule has 3 rings (SSSR count). The van der Waals surface area contributed by atoms with Gasteiger partial charge in [0.15, 0.2) is 0 Å². The molecule has 0 spiro atoms. The summed E-state index contributed by atoms with van der Waals surface area (Å²) in [6.45, 7) is 5.79. The van der Waals surface area contributed by atoms with Crippen molar-refractivity contribution in [2.24, 2.45) is 0 Å². The van der Waals surface area contributed by atoms with Gasteiger partial charge in [-0.1, -0.05) is 18.2 Å². The van der Waals surface area contributed by atoms with E-state index in [-0.39, 0.29) is 5.82 Å². The molecule has 0 bridgehead atoms. The molecule has 0 atom stereocenters. The molecule has 0 radical (unpaired) electrons. The summed E-state index contributed by atoms with van der Waals surface area (Å²) in [5, 5.41) is 14.8. The number of piperazine rings is 1. The first-order chi connectivity index (χ1) is 14.8. The Hall–Kier alpha value is -3.17. The fraction of sp³-hybridized carbons (Fsp3) is 0.364. The highest BCUT2D eigenvalue weighted by Crippen LogP contribution is 2.26. The fourth-order valence-corrected chi connectivity index (χ4v) is 3.18. The van der Waals surface area contributed by atoms with Crippen LogP contribution in [0.4, 0.5) is 4.39 Å². The van der Waals surface area contributed by atoms with Crippen LogP contribution in [0, 0.1) is 5.82 Å². The van der Waals surface area contributed by atoms with Crippen LogP contribution in [0.1, 0.15) is 11.1 Å². The van der Waals surface area contributed by atoms with E-state index in [1.54, 1.807) is 14.2 Å². The summed E-state index contributed by atoms with van der Waals surface area (Å²) >= 11 is 0. The van der Waals surface area contributed by atoms with Crippen molar-refractivity contribution in [2.45, 2.75) is 13.1 Å². The lowest BCUT2D eigenvalue weighted by molar-refractivity contribution is -0.159. The number of benzene rings is 2. The van der Waals surface area contributed by atoms with Crippen molar-refractivity contribution >= 4 is 11.9 Å². The van der Waals surface area contributed by atoms with E-state index < -0.39 is 11.9 Å². The summed E-state index contributed by atoms with van der Waals surface area (Å²) in [4.78, 5) is 23.0. The second kappa shape index (κ2) is 11.9. The van der Waals surface area contributed by atoms with Crippen LogP contribution in [-0.4, -0.2) is 72.4 Å². The molecule has 168 valence electrons. The maximum atomic E-state index is 13.0. The Morgan fingerprint density at radius 3 is 1.90 bits per heavy atom. The molecular weight excluding hydrogens is 407 g/mol. The Balaban J connectivity index is 0.000000501. The summed E-state index contributed by atoms with van der Waals surface area (Å²) in [6, 6.07) is 12.8. The minimum atomic E-state index is -1.82. The van der Waals surface area contributed by atoms with E-state index in [4.69, 9.17) is 29.3 Å². The zero-order valence-corrected chi connectivity index (χ0v) is 17.6. The molecular formula is C22H27FN2O6. The number of ether oxygens (including phenoxy) is 2. The molecule has 0 saturated carbocycles. The van der Waals surface area contributed by atoms with Crippen LogP contribution in [0.3, 0.4) is 0 Å². The molecule has 1 aliphatic heterocycles. The van der Waals surface area contributed by atoms with Crippen molar-refractivity contribution in [1.29, 1.82) is 0 Å². The molecule has 8 nitrogen and oxygen atoms in total. The molecule has 0 unspecified atom stereocenters. The number of aliphatic carboxylic acids is 2. The monoisotopic (exact) mass is 434 g/mol. The molecule has 1 aliphatic rings. The standard InChI is InChI=1S/C20H25FN2O2.C2H2O4/c1-24-19-8-5-17(20(13-19)25-2)15-23-11-9-22(10-12-23)14-16-3-6-18(21)7-4-16;3-1(4)2(5)6/h3-8,13H,9-12,14-15H2,1-2H3;(H,3,4)(H,5,6). The lowest BCUT2D eigenvalue weighted by Gasteiger charge is -2.35. The molecule has 2 aromatic rings. The molecule has 31 heavy (non-hydrogen) atoms. The van der Waals surface area contributed by atoms with E-state index in [2.05, 4.69) is 15.9 Å². The van der Waals surface area contributed by atoms with Crippen LogP contribution in [0.2, 0.25) is 0 Å². The maximum Gasteiger partial charge on any atom is 0.414 e. The highest BCUT2D eigenvalue weighted by atomic mass is 19.1. The summed E-state index contributed by atoms with van der Waals surface area (Å²) < 4.78 is 23.7. The highest BCUT2D eigenvalue weighted by Gasteiger charge is 2.18. The van der Waals surface area contributed by atoms with Gasteiger partial charge in [-0.3, -0.25) is 9.80 Å². The van der Waals surface area contributed by atoms with E-state index in [9.17, 15) is 4.39 Å². The normalized spacial score (nSPS) is 14.3. The van der Waals surface area contributed by atoms with Crippen LogP contribution >= 0.6 is 0 Å². The Morgan fingerprint density at radius 2 is 1.42 bits per heavy atom. The van der Waals surface area contributed by atoms with Gasteiger partial charge in [0, 0.05) is 50.9 Å². The van der Waals surface area contributed by atoms with Gasteiger partial charge in [0.25, 0.3) is 0 Å². The van der Waals surface area contributed by atoms with Crippen molar-refractivity contribution in [3.05, 3.63) is 59.4 Å². The van der Waals surface area contributed by atoms with Gasteiger partial charge in [-0.05, 0) is 23.8 Å².